The fraction of sp³-hybridized carbons (Fsp3) is 0.583. The molecule has 2 atom stereocenters. The summed E-state index contributed by atoms with van der Waals surface area (Å²) in [6, 6.07) is 1.72. The van der Waals surface area contributed by atoms with E-state index in [0.29, 0.717) is 24.5 Å². The smallest absolute Gasteiger partial charge is 0.270 e. The van der Waals surface area contributed by atoms with Gasteiger partial charge in [-0.3, -0.25) is 4.79 Å². The minimum atomic E-state index is 0.0196. The Morgan fingerprint density at radius 1 is 1.41 bits per heavy atom. The summed E-state index contributed by atoms with van der Waals surface area (Å²) in [5.74, 6) is 0.0196. The third-order valence-corrected chi connectivity index (χ3v) is 2.95. The van der Waals surface area contributed by atoms with Crippen LogP contribution in [0.15, 0.2) is 12.3 Å². The summed E-state index contributed by atoms with van der Waals surface area (Å²) in [4.78, 5) is 14.1. The molecule has 1 saturated heterocycles. The molecule has 0 spiro atoms. The lowest BCUT2D eigenvalue weighted by atomic mass is 10.2. The molecule has 5 heteroatoms. The van der Waals surface area contributed by atoms with E-state index in [-0.39, 0.29) is 18.1 Å². The minimum absolute atomic E-state index is 0.0196. The Kier molecular flexibility index (Phi) is 3.11. The van der Waals surface area contributed by atoms with Gasteiger partial charge in [0, 0.05) is 26.3 Å². The summed E-state index contributed by atoms with van der Waals surface area (Å²) < 4.78 is 7.38. The van der Waals surface area contributed by atoms with Crippen molar-refractivity contribution in [1.82, 2.24) is 9.47 Å². The summed E-state index contributed by atoms with van der Waals surface area (Å²) in [6.07, 6.45) is 1.92. The molecule has 0 radical (unpaired) electrons. The van der Waals surface area contributed by atoms with Gasteiger partial charge in [0.05, 0.1) is 17.9 Å². The highest BCUT2D eigenvalue weighted by atomic mass is 16.5. The maximum Gasteiger partial charge on any atom is 0.270 e. The molecule has 2 rings (SSSR count). The SMILES string of the molecule is CC1CN(C(=O)c2cc(N)cn2C)CC(C)O1. The first-order valence-electron chi connectivity index (χ1n) is 5.84. The zero-order valence-electron chi connectivity index (χ0n) is 10.5. The summed E-state index contributed by atoms with van der Waals surface area (Å²) in [6.45, 7) is 5.23. The largest absolute Gasteiger partial charge is 0.397 e. The molecule has 17 heavy (non-hydrogen) atoms. The number of rotatable bonds is 1. The van der Waals surface area contributed by atoms with Gasteiger partial charge in [-0.05, 0) is 19.9 Å². The highest BCUT2D eigenvalue weighted by Crippen LogP contribution is 2.16. The normalized spacial score (nSPS) is 25.0. The number of nitrogen functional groups attached to an aromatic ring is 1. The van der Waals surface area contributed by atoms with E-state index >= 15 is 0 Å². The van der Waals surface area contributed by atoms with E-state index in [0.717, 1.165) is 0 Å². The van der Waals surface area contributed by atoms with Crippen molar-refractivity contribution in [1.29, 1.82) is 0 Å². The standard InChI is InChI=1S/C12H19N3O2/c1-8-5-15(6-9(2)17-8)12(16)11-4-10(13)7-14(11)3/h4,7-9H,5-6,13H2,1-3H3. The van der Waals surface area contributed by atoms with E-state index in [1.807, 2.05) is 25.8 Å². The molecule has 0 bridgehead atoms. The zero-order chi connectivity index (χ0) is 12.6. The van der Waals surface area contributed by atoms with Crippen molar-refractivity contribution in [3.05, 3.63) is 18.0 Å². The maximum atomic E-state index is 12.3. The summed E-state index contributed by atoms with van der Waals surface area (Å²) in [5, 5.41) is 0. The number of ether oxygens (including phenoxy) is 1. The Hall–Kier alpha value is -1.49. The van der Waals surface area contributed by atoms with Crippen molar-refractivity contribution < 1.29 is 9.53 Å². The van der Waals surface area contributed by atoms with Gasteiger partial charge in [-0.1, -0.05) is 0 Å². The number of carbonyl (C=O) groups is 1. The average Bonchev–Trinajstić information content (AvgIpc) is 2.55. The number of amides is 1. The second kappa shape index (κ2) is 4.41. The molecule has 1 amide bonds. The van der Waals surface area contributed by atoms with Gasteiger partial charge in [-0.15, -0.1) is 0 Å². The number of aryl methyl sites for hydroxylation is 1. The van der Waals surface area contributed by atoms with Crippen LogP contribution >= 0.6 is 0 Å². The summed E-state index contributed by atoms with van der Waals surface area (Å²) in [5.41, 5.74) is 6.93. The molecule has 2 N–H and O–H groups in total. The number of hydrogen-bond donors (Lipinski definition) is 1. The molecule has 1 aromatic heterocycles. The van der Waals surface area contributed by atoms with Crippen molar-refractivity contribution in [2.75, 3.05) is 18.8 Å². The van der Waals surface area contributed by atoms with Crippen molar-refractivity contribution in [3.63, 3.8) is 0 Å². The molecular weight excluding hydrogens is 218 g/mol. The van der Waals surface area contributed by atoms with Crippen LogP contribution in [0.1, 0.15) is 24.3 Å². The first-order chi connectivity index (χ1) is 7.97. The highest BCUT2D eigenvalue weighted by molar-refractivity contribution is 5.93. The van der Waals surface area contributed by atoms with Gasteiger partial charge in [0.25, 0.3) is 5.91 Å². The lowest BCUT2D eigenvalue weighted by molar-refractivity contribution is -0.0588. The topological polar surface area (TPSA) is 60.5 Å². The van der Waals surface area contributed by atoms with E-state index in [4.69, 9.17) is 10.5 Å². The molecule has 2 heterocycles. The molecule has 1 aromatic rings. The van der Waals surface area contributed by atoms with Gasteiger partial charge in [-0.25, -0.2) is 0 Å². The first kappa shape index (κ1) is 12.0. The highest BCUT2D eigenvalue weighted by Gasteiger charge is 2.27. The Morgan fingerprint density at radius 3 is 2.47 bits per heavy atom. The lowest BCUT2D eigenvalue weighted by Crippen LogP contribution is -2.48. The fourth-order valence-corrected chi connectivity index (χ4v) is 2.31. The molecule has 94 valence electrons. The Labute approximate surface area is 101 Å². The molecule has 1 aliphatic heterocycles. The predicted molar refractivity (Wildman–Crippen MR) is 65.7 cm³/mol. The van der Waals surface area contributed by atoms with Crippen molar-refractivity contribution >= 4 is 11.6 Å². The van der Waals surface area contributed by atoms with Gasteiger partial charge in [0.15, 0.2) is 0 Å². The van der Waals surface area contributed by atoms with E-state index in [1.54, 1.807) is 16.8 Å². The first-order valence-corrected chi connectivity index (χ1v) is 5.84. The molecule has 0 aromatic carbocycles. The lowest BCUT2D eigenvalue weighted by Gasteiger charge is -2.35. The average molecular weight is 237 g/mol. The monoisotopic (exact) mass is 237 g/mol. The van der Waals surface area contributed by atoms with Crippen molar-refractivity contribution in [2.45, 2.75) is 26.1 Å². The van der Waals surface area contributed by atoms with Crippen LogP contribution in [0.5, 0.6) is 0 Å². The second-order valence-electron chi connectivity index (χ2n) is 4.74. The van der Waals surface area contributed by atoms with Gasteiger partial charge in [0.2, 0.25) is 0 Å². The molecule has 1 aliphatic rings. The molecule has 2 unspecified atom stereocenters. The van der Waals surface area contributed by atoms with E-state index in [2.05, 4.69) is 0 Å². The van der Waals surface area contributed by atoms with Gasteiger partial charge < -0.3 is 19.9 Å². The van der Waals surface area contributed by atoms with Crippen LogP contribution in [0.4, 0.5) is 5.69 Å². The van der Waals surface area contributed by atoms with E-state index < -0.39 is 0 Å². The van der Waals surface area contributed by atoms with Crippen LogP contribution in [-0.2, 0) is 11.8 Å². The summed E-state index contributed by atoms with van der Waals surface area (Å²) in [7, 11) is 1.83. The third kappa shape index (κ3) is 2.44. The number of hydrogen-bond acceptors (Lipinski definition) is 3. The minimum Gasteiger partial charge on any atom is -0.397 e. The molecule has 1 fully saturated rings. The number of aromatic nitrogens is 1. The third-order valence-electron chi connectivity index (χ3n) is 2.95. The molecule has 5 nitrogen and oxygen atoms in total. The van der Waals surface area contributed by atoms with Crippen LogP contribution < -0.4 is 5.73 Å². The molecule has 0 aliphatic carbocycles. The van der Waals surface area contributed by atoms with E-state index in [1.165, 1.54) is 0 Å². The summed E-state index contributed by atoms with van der Waals surface area (Å²) >= 11 is 0. The van der Waals surface area contributed by atoms with Crippen LogP contribution in [0.3, 0.4) is 0 Å². The Bertz CT molecular complexity index is 417. The number of carbonyl (C=O) groups excluding carboxylic acids is 1. The van der Waals surface area contributed by atoms with Crippen LogP contribution in [-0.4, -0.2) is 40.7 Å². The van der Waals surface area contributed by atoms with Crippen LogP contribution in [0, 0.1) is 0 Å². The number of anilines is 1. The Balaban J connectivity index is 2.17. The van der Waals surface area contributed by atoms with Gasteiger partial charge in [-0.2, -0.15) is 0 Å². The van der Waals surface area contributed by atoms with Crippen LogP contribution in [0.25, 0.3) is 0 Å². The number of morpholine rings is 1. The van der Waals surface area contributed by atoms with Crippen LogP contribution in [0.2, 0.25) is 0 Å². The van der Waals surface area contributed by atoms with Gasteiger partial charge in [0.1, 0.15) is 5.69 Å². The zero-order valence-corrected chi connectivity index (χ0v) is 10.5. The van der Waals surface area contributed by atoms with E-state index in [9.17, 15) is 4.79 Å². The Morgan fingerprint density at radius 2 is 2.00 bits per heavy atom. The second-order valence-corrected chi connectivity index (χ2v) is 4.74. The number of nitrogens with two attached hydrogens (primary N) is 1. The fourth-order valence-electron chi connectivity index (χ4n) is 2.31. The number of nitrogens with zero attached hydrogens (tertiary/aromatic N) is 2. The molecule has 0 saturated carbocycles. The molecular formula is C12H19N3O2. The van der Waals surface area contributed by atoms with Crippen molar-refractivity contribution in [2.24, 2.45) is 7.05 Å². The van der Waals surface area contributed by atoms with Crippen molar-refractivity contribution in [3.8, 4) is 0 Å². The van der Waals surface area contributed by atoms with Gasteiger partial charge >= 0.3 is 0 Å². The quantitative estimate of drug-likeness (QED) is 0.788. The maximum absolute atomic E-state index is 12.3. The predicted octanol–water partition coefficient (Wildman–Crippen LogP) is 0.857.